The Balaban J connectivity index is 0.000000199. The zero-order chi connectivity index (χ0) is 62.8. The van der Waals surface area contributed by atoms with Gasteiger partial charge in [0.15, 0.2) is 5.78 Å². The first-order chi connectivity index (χ1) is 43.6. The van der Waals surface area contributed by atoms with Crippen LogP contribution in [0, 0.1) is 6.92 Å². The summed E-state index contributed by atoms with van der Waals surface area (Å²) >= 11 is 10.5. The van der Waals surface area contributed by atoms with E-state index in [1.807, 2.05) is 140 Å². The van der Waals surface area contributed by atoms with E-state index in [1.54, 1.807) is 24.3 Å². The Hall–Kier alpha value is -7.75. The molecule has 11 heteroatoms. The number of carbonyl (C=O) groups excluding carboxylic acids is 2. The van der Waals surface area contributed by atoms with Gasteiger partial charge in [0.05, 0.1) is 5.56 Å². The monoisotopic (exact) mass is 1380 g/mol. The summed E-state index contributed by atoms with van der Waals surface area (Å²) in [4.78, 5) is 34.0. The molecule has 2 saturated heterocycles. The number of carboxylic acid groups (broad SMARTS) is 1. The fraction of sp³-hybridized carbons (Fsp3) is 0.139. The molecule has 10 aromatic carbocycles. The molecular weight excluding hydrogens is 1310 g/mol. The van der Waals surface area contributed by atoms with Crippen molar-refractivity contribution in [2.75, 3.05) is 26.4 Å². The molecule has 2 aliphatic heterocycles. The first kappa shape index (κ1) is 71.3. The molecule has 0 radical (unpaired) electrons. The van der Waals surface area contributed by atoms with Crippen LogP contribution in [-0.4, -0.2) is 49.8 Å². The second-order valence-electron chi connectivity index (χ2n) is 20.3. The van der Waals surface area contributed by atoms with E-state index >= 15 is 0 Å². The van der Waals surface area contributed by atoms with E-state index in [-0.39, 0.29) is 30.2 Å². The SMILES string of the molecule is Brc1ccc(/C(=C(\c2ccccc2)c2ccc(Br)cc2)c2ccccc2)cc1.C1CCOC1.C1CCOC1.O=C(c1ccccc1)c1ccc(Br)cc1.O=COc1ccc(/C(=C(\c2ccccc2)c2ccc(C(=O)O)cc2)c2ccccc2)cc1.[CH2-]CCC.[Li+]. The van der Waals surface area contributed by atoms with Gasteiger partial charge < -0.3 is 26.2 Å². The Morgan fingerprint density at radius 3 is 0.856 bits per heavy atom. The van der Waals surface area contributed by atoms with E-state index in [0.29, 0.717) is 17.8 Å². The van der Waals surface area contributed by atoms with Crippen LogP contribution in [0.4, 0.5) is 0 Å². The largest absolute Gasteiger partial charge is 1.00 e. The number of hydrogen-bond donors (Lipinski definition) is 1. The molecule has 7 nitrogen and oxygen atoms in total. The molecule has 12 rings (SSSR count). The molecule has 0 aromatic heterocycles. The average Bonchev–Trinajstić information content (AvgIpc) is 4.22. The summed E-state index contributed by atoms with van der Waals surface area (Å²) in [5, 5.41) is 9.32. The van der Waals surface area contributed by atoms with Crippen LogP contribution in [-0.2, 0) is 14.3 Å². The molecule has 1 N–H and O–H groups in total. The molecule has 0 saturated carbocycles. The van der Waals surface area contributed by atoms with Crippen molar-refractivity contribution >= 4 is 88.3 Å². The van der Waals surface area contributed by atoms with Gasteiger partial charge in [0.1, 0.15) is 5.75 Å². The van der Waals surface area contributed by atoms with Gasteiger partial charge in [0, 0.05) is 51.0 Å². The summed E-state index contributed by atoms with van der Waals surface area (Å²) in [6.07, 6.45) is 7.39. The number of benzene rings is 10. The molecule has 0 spiro atoms. The first-order valence-electron chi connectivity index (χ1n) is 29.6. The molecule has 2 aliphatic rings. The predicted octanol–water partition coefficient (Wildman–Crippen LogP) is 18.0. The number of ether oxygens (including phenoxy) is 3. The van der Waals surface area contributed by atoms with Gasteiger partial charge in [-0.1, -0.05) is 261 Å². The van der Waals surface area contributed by atoms with Crippen LogP contribution in [0.5, 0.6) is 5.75 Å². The molecule has 452 valence electrons. The third kappa shape index (κ3) is 22.9. The van der Waals surface area contributed by atoms with Crippen LogP contribution < -0.4 is 23.6 Å². The maximum Gasteiger partial charge on any atom is 1.00 e. The number of ketones is 1. The summed E-state index contributed by atoms with van der Waals surface area (Å²) in [5.41, 5.74) is 14.7. The minimum atomic E-state index is -0.962. The van der Waals surface area contributed by atoms with Gasteiger partial charge in [-0.15, -0.1) is 0 Å². The normalized spacial score (nSPS) is 12.4. The van der Waals surface area contributed by atoms with Gasteiger partial charge in [-0.2, -0.15) is 6.42 Å². The van der Waals surface area contributed by atoms with Gasteiger partial charge in [-0.3, -0.25) is 9.59 Å². The zero-order valence-corrected chi connectivity index (χ0v) is 55.6. The Morgan fingerprint density at radius 1 is 0.389 bits per heavy atom. The summed E-state index contributed by atoms with van der Waals surface area (Å²) in [6.45, 7) is 10.1. The quantitative estimate of drug-likeness (QED) is 0.0381. The molecule has 0 aliphatic carbocycles. The van der Waals surface area contributed by atoms with E-state index in [1.165, 1.54) is 65.5 Å². The van der Waals surface area contributed by atoms with Crippen molar-refractivity contribution in [2.45, 2.75) is 45.4 Å². The number of carbonyl (C=O) groups is 3. The Bertz CT molecular complexity index is 3630. The minimum absolute atomic E-state index is 0. The zero-order valence-electron chi connectivity index (χ0n) is 50.9. The van der Waals surface area contributed by atoms with Crippen molar-refractivity contribution in [3.8, 4) is 5.75 Å². The smallest absolute Gasteiger partial charge is 0.478 e. The second kappa shape index (κ2) is 40.1. The van der Waals surface area contributed by atoms with E-state index in [4.69, 9.17) is 14.2 Å². The Morgan fingerprint density at radius 2 is 0.611 bits per heavy atom. The number of carboxylic acids is 1. The number of unbranched alkanes of at least 4 members (excludes halogenated alkanes) is 1. The Kier molecular flexibility index (Phi) is 31.8. The third-order valence-electron chi connectivity index (χ3n) is 13.9. The van der Waals surface area contributed by atoms with Crippen molar-refractivity contribution in [2.24, 2.45) is 0 Å². The van der Waals surface area contributed by atoms with E-state index < -0.39 is 5.97 Å². The molecule has 0 unspecified atom stereocenters. The van der Waals surface area contributed by atoms with Gasteiger partial charge in [0.25, 0.3) is 6.47 Å². The van der Waals surface area contributed by atoms with Crippen molar-refractivity contribution in [1.29, 1.82) is 0 Å². The van der Waals surface area contributed by atoms with Gasteiger partial charge in [-0.05, 0) is 165 Å². The molecule has 2 heterocycles. The molecule has 2 fully saturated rings. The fourth-order valence-corrected chi connectivity index (χ4v) is 10.2. The van der Waals surface area contributed by atoms with E-state index in [9.17, 15) is 19.5 Å². The van der Waals surface area contributed by atoms with Crippen molar-refractivity contribution in [3.63, 3.8) is 0 Å². The molecule has 0 amide bonds. The van der Waals surface area contributed by atoms with Crippen LogP contribution in [0.15, 0.2) is 286 Å². The van der Waals surface area contributed by atoms with Crippen LogP contribution in [0.25, 0.3) is 22.3 Å². The molecule has 10 aromatic rings. The van der Waals surface area contributed by atoms with Crippen LogP contribution in [0.2, 0.25) is 0 Å². The molecular formula is C79H72Br3LiO7. The third-order valence-corrected chi connectivity index (χ3v) is 15.5. The van der Waals surface area contributed by atoms with Gasteiger partial charge in [-0.25, -0.2) is 4.79 Å². The second-order valence-corrected chi connectivity index (χ2v) is 23.0. The summed E-state index contributed by atoms with van der Waals surface area (Å²) in [5.74, 6) is -0.442. The van der Waals surface area contributed by atoms with Gasteiger partial charge >= 0.3 is 24.8 Å². The van der Waals surface area contributed by atoms with Gasteiger partial charge in [0.2, 0.25) is 0 Å². The van der Waals surface area contributed by atoms with Crippen molar-refractivity contribution in [1.82, 2.24) is 0 Å². The van der Waals surface area contributed by atoms with Crippen molar-refractivity contribution < 1.29 is 52.6 Å². The fourth-order valence-electron chi connectivity index (χ4n) is 9.39. The summed E-state index contributed by atoms with van der Waals surface area (Å²) in [7, 11) is 0. The average molecular weight is 1380 g/mol. The van der Waals surface area contributed by atoms with Crippen molar-refractivity contribution in [3.05, 3.63) is 355 Å². The number of rotatable bonds is 14. The molecule has 0 atom stereocenters. The summed E-state index contributed by atoms with van der Waals surface area (Å²) < 4.78 is 18.0. The molecule has 0 bridgehead atoms. The minimum Gasteiger partial charge on any atom is -0.478 e. The Labute approximate surface area is 568 Å². The maximum absolute atomic E-state index is 11.9. The van der Waals surface area contributed by atoms with E-state index in [0.717, 1.165) is 85.2 Å². The van der Waals surface area contributed by atoms with Crippen LogP contribution in [0.3, 0.4) is 0 Å². The number of aromatic carboxylic acids is 1. The van der Waals surface area contributed by atoms with Crippen LogP contribution in [0.1, 0.15) is 116 Å². The standard InChI is InChI=1S/C28H20O4.C26H18Br2.C13H9BrO.2C4H8O.C4H9.Li/c29-19-32-25-17-15-23(16-18-25)27(21-9-5-2-6-10-21)26(20-7-3-1-4-8-20)22-11-13-24(14-12-22)28(30)31;27-23-15-11-21(12-16-23)25(19-7-3-1-4-8-19)26(20-9-5-2-6-10-20)22-13-17-24(28)18-14-22;14-12-8-6-11(7-9-12)13(15)10-4-2-1-3-5-10;2*1-2-4-5-3-1;1-3-4-2;/h1-19H,(H,30,31);1-18H;1-9H;2*1-4H2;1,3-4H2,2H3;/q;;;;;-1;+1/b27-26+;26-25+;;;;;. The predicted molar refractivity (Wildman–Crippen MR) is 375 cm³/mol. The number of halogens is 3. The topological polar surface area (TPSA) is 99.1 Å². The molecule has 90 heavy (non-hydrogen) atoms. The number of hydrogen-bond acceptors (Lipinski definition) is 6. The van der Waals surface area contributed by atoms with E-state index in [2.05, 4.69) is 171 Å². The maximum atomic E-state index is 11.9. The first-order valence-corrected chi connectivity index (χ1v) is 32.0. The summed E-state index contributed by atoms with van der Waals surface area (Å²) in [6, 6.07) is 89.2. The van der Waals surface area contributed by atoms with Crippen LogP contribution >= 0.6 is 47.8 Å².